The SMILES string of the molecule is Cn1c(=O)n(C2CCOC2)c2nc(Cl)ncc21. The molecule has 3 rings (SSSR count). The molecular weight excluding hydrogens is 244 g/mol. The van der Waals surface area contributed by atoms with E-state index < -0.39 is 0 Å². The molecule has 6 nitrogen and oxygen atoms in total. The third-order valence-electron chi connectivity index (χ3n) is 3.07. The Bertz CT molecular complexity index is 627. The number of aromatic nitrogens is 4. The Hall–Kier alpha value is -1.40. The molecule has 0 aliphatic carbocycles. The zero-order valence-corrected chi connectivity index (χ0v) is 10.0. The fraction of sp³-hybridized carbons (Fsp3) is 0.500. The van der Waals surface area contributed by atoms with Crippen LogP contribution in [0.15, 0.2) is 11.0 Å². The summed E-state index contributed by atoms with van der Waals surface area (Å²) in [6.45, 7) is 1.22. The summed E-state index contributed by atoms with van der Waals surface area (Å²) in [4.78, 5) is 20.2. The van der Waals surface area contributed by atoms with Crippen molar-refractivity contribution >= 4 is 22.8 Å². The van der Waals surface area contributed by atoms with Crippen LogP contribution >= 0.6 is 11.6 Å². The molecule has 1 atom stereocenters. The number of hydrogen-bond acceptors (Lipinski definition) is 4. The van der Waals surface area contributed by atoms with Crippen molar-refractivity contribution in [3.05, 3.63) is 22.0 Å². The summed E-state index contributed by atoms with van der Waals surface area (Å²) in [5, 5.41) is 0.149. The average molecular weight is 255 g/mol. The molecule has 0 aromatic carbocycles. The van der Waals surface area contributed by atoms with Crippen LogP contribution in [-0.2, 0) is 11.8 Å². The Kier molecular flexibility index (Phi) is 2.41. The van der Waals surface area contributed by atoms with E-state index in [1.54, 1.807) is 17.8 Å². The molecule has 2 aromatic rings. The van der Waals surface area contributed by atoms with Crippen LogP contribution in [0.1, 0.15) is 12.5 Å². The lowest BCUT2D eigenvalue weighted by Crippen LogP contribution is -2.26. The summed E-state index contributed by atoms with van der Waals surface area (Å²) in [5.74, 6) is 0. The summed E-state index contributed by atoms with van der Waals surface area (Å²) in [6.07, 6.45) is 2.39. The number of fused-ring (bicyclic) bond motifs is 1. The van der Waals surface area contributed by atoms with E-state index in [4.69, 9.17) is 16.3 Å². The van der Waals surface area contributed by atoms with Crippen LogP contribution < -0.4 is 5.69 Å². The summed E-state index contributed by atoms with van der Waals surface area (Å²) in [6, 6.07) is 0.0390. The van der Waals surface area contributed by atoms with E-state index in [9.17, 15) is 4.79 Å². The molecule has 7 heteroatoms. The first-order chi connectivity index (χ1) is 8.18. The van der Waals surface area contributed by atoms with Crippen molar-refractivity contribution in [1.82, 2.24) is 19.1 Å². The molecule has 0 saturated carbocycles. The number of ether oxygens (including phenoxy) is 1. The number of rotatable bonds is 1. The second-order valence-electron chi connectivity index (χ2n) is 4.08. The van der Waals surface area contributed by atoms with Gasteiger partial charge in [0, 0.05) is 13.7 Å². The molecule has 0 radical (unpaired) electrons. The van der Waals surface area contributed by atoms with Gasteiger partial charge in [0.1, 0.15) is 5.52 Å². The first-order valence-corrected chi connectivity index (χ1v) is 5.73. The second-order valence-corrected chi connectivity index (χ2v) is 4.41. The van der Waals surface area contributed by atoms with Gasteiger partial charge in [0.05, 0.1) is 18.8 Å². The van der Waals surface area contributed by atoms with Crippen molar-refractivity contribution in [2.45, 2.75) is 12.5 Å². The normalized spacial score (nSPS) is 20.2. The van der Waals surface area contributed by atoms with Crippen molar-refractivity contribution in [1.29, 1.82) is 0 Å². The highest BCUT2D eigenvalue weighted by Crippen LogP contribution is 2.21. The van der Waals surface area contributed by atoms with Crippen molar-refractivity contribution < 1.29 is 4.74 Å². The van der Waals surface area contributed by atoms with E-state index in [-0.39, 0.29) is 17.0 Å². The summed E-state index contributed by atoms with van der Waals surface area (Å²) >= 11 is 5.78. The van der Waals surface area contributed by atoms with Gasteiger partial charge in [-0.25, -0.2) is 9.78 Å². The molecule has 0 N–H and O–H groups in total. The van der Waals surface area contributed by atoms with Crippen LogP contribution in [0.2, 0.25) is 5.28 Å². The molecule has 1 saturated heterocycles. The van der Waals surface area contributed by atoms with Gasteiger partial charge in [-0.05, 0) is 18.0 Å². The van der Waals surface area contributed by atoms with Gasteiger partial charge >= 0.3 is 5.69 Å². The molecule has 1 fully saturated rings. The standard InChI is InChI=1S/C10H11ClN4O2/c1-14-7-4-12-9(11)13-8(7)15(10(14)16)6-2-3-17-5-6/h4,6H,2-3,5H2,1H3. The molecule has 1 aliphatic heterocycles. The number of nitrogens with zero attached hydrogens (tertiary/aromatic N) is 4. The maximum Gasteiger partial charge on any atom is 0.330 e. The third kappa shape index (κ3) is 1.56. The van der Waals surface area contributed by atoms with Crippen LogP contribution in [0.25, 0.3) is 11.2 Å². The second kappa shape index (κ2) is 3.82. The van der Waals surface area contributed by atoms with E-state index >= 15 is 0 Å². The Labute approximate surface area is 102 Å². The maximum atomic E-state index is 12.1. The summed E-state index contributed by atoms with van der Waals surface area (Å²) in [5.41, 5.74) is 1.16. The Morgan fingerprint density at radius 1 is 1.59 bits per heavy atom. The highest BCUT2D eigenvalue weighted by molar-refractivity contribution is 6.28. The zero-order valence-electron chi connectivity index (χ0n) is 9.26. The molecule has 90 valence electrons. The van der Waals surface area contributed by atoms with Crippen molar-refractivity contribution in [2.75, 3.05) is 13.2 Å². The van der Waals surface area contributed by atoms with Gasteiger partial charge in [0.25, 0.3) is 0 Å². The molecule has 0 bridgehead atoms. The van der Waals surface area contributed by atoms with Crippen molar-refractivity contribution in [3.8, 4) is 0 Å². The Morgan fingerprint density at radius 2 is 2.41 bits per heavy atom. The monoisotopic (exact) mass is 254 g/mol. The van der Waals surface area contributed by atoms with Gasteiger partial charge in [-0.3, -0.25) is 9.13 Å². The third-order valence-corrected chi connectivity index (χ3v) is 3.26. The van der Waals surface area contributed by atoms with E-state index in [1.807, 2.05) is 0 Å². The lowest BCUT2D eigenvalue weighted by Gasteiger charge is -2.08. The highest BCUT2D eigenvalue weighted by atomic mass is 35.5. The van der Waals surface area contributed by atoms with Crippen molar-refractivity contribution in [2.24, 2.45) is 7.05 Å². The lowest BCUT2D eigenvalue weighted by molar-refractivity contribution is 0.186. The number of imidazole rings is 1. The van der Waals surface area contributed by atoms with Gasteiger partial charge in [-0.15, -0.1) is 0 Å². The minimum absolute atomic E-state index is 0.0390. The summed E-state index contributed by atoms with van der Waals surface area (Å²) < 4.78 is 8.49. The van der Waals surface area contributed by atoms with Crippen LogP contribution in [0.4, 0.5) is 0 Å². The molecule has 0 amide bonds. The van der Waals surface area contributed by atoms with Crippen LogP contribution in [0.5, 0.6) is 0 Å². The van der Waals surface area contributed by atoms with Crippen LogP contribution in [0, 0.1) is 0 Å². The predicted octanol–water partition coefficient (Wildman–Crippen LogP) is 0.745. The quantitative estimate of drug-likeness (QED) is 0.705. The lowest BCUT2D eigenvalue weighted by atomic mass is 10.2. The smallest absolute Gasteiger partial charge is 0.330 e. The van der Waals surface area contributed by atoms with Crippen molar-refractivity contribution in [3.63, 3.8) is 0 Å². The first-order valence-electron chi connectivity index (χ1n) is 5.35. The fourth-order valence-corrected chi connectivity index (χ4v) is 2.30. The minimum Gasteiger partial charge on any atom is -0.379 e. The van der Waals surface area contributed by atoms with Gasteiger partial charge in [0.2, 0.25) is 5.28 Å². The number of halogens is 1. The molecule has 3 heterocycles. The maximum absolute atomic E-state index is 12.1. The van der Waals surface area contributed by atoms with Gasteiger partial charge in [-0.1, -0.05) is 0 Å². The van der Waals surface area contributed by atoms with E-state index in [0.29, 0.717) is 24.4 Å². The Balaban J connectivity index is 2.31. The summed E-state index contributed by atoms with van der Waals surface area (Å²) in [7, 11) is 1.70. The van der Waals surface area contributed by atoms with Gasteiger partial charge in [-0.2, -0.15) is 4.98 Å². The predicted molar refractivity (Wildman–Crippen MR) is 62.3 cm³/mol. The molecule has 0 spiro atoms. The Morgan fingerprint density at radius 3 is 3.12 bits per heavy atom. The molecule has 17 heavy (non-hydrogen) atoms. The largest absolute Gasteiger partial charge is 0.379 e. The molecule has 1 aliphatic rings. The average Bonchev–Trinajstić information content (AvgIpc) is 2.88. The van der Waals surface area contributed by atoms with E-state index in [2.05, 4.69) is 9.97 Å². The molecule has 1 unspecified atom stereocenters. The van der Waals surface area contributed by atoms with Crippen LogP contribution in [-0.4, -0.2) is 32.3 Å². The van der Waals surface area contributed by atoms with Crippen LogP contribution in [0.3, 0.4) is 0 Å². The van der Waals surface area contributed by atoms with Gasteiger partial charge < -0.3 is 4.74 Å². The minimum atomic E-state index is -0.105. The first kappa shape index (κ1) is 10.7. The van der Waals surface area contributed by atoms with E-state index in [0.717, 1.165) is 6.42 Å². The number of aryl methyl sites for hydroxylation is 1. The molecular formula is C10H11ClN4O2. The fourth-order valence-electron chi connectivity index (χ4n) is 2.17. The van der Waals surface area contributed by atoms with Gasteiger partial charge in [0.15, 0.2) is 5.65 Å². The zero-order chi connectivity index (χ0) is 12.0. The highest BCUT2D eigenvalue weighted by Gasteiger charge is 2.24. The van der Waals surface area contributed by atoms with E-state index in [1.165, 1.54) is 4.57 Å². The number of hydrogen-bond donors (Lipinski definition) is 0. The topological polar surface area (TPSA) is 61.9 Å². The molecule has 2 aromatic heterocycles.